The van der Waals surface area contributed by atoms with Crippen LogP contribution in [-0.4, -0.2) is 14.8 Å². The zero-order valence-electron chi connectivity index (χ0n) is 11.3. The van der Waals surface area contributed by atoms with Crippen molar-refractivity contribution in [3.05, 3.63) is 35.7 Å². The largest absolute Gasteiger partial charge is 0.326 e. The Balaban J connectivity index is 1.99. The maximum Gasteiger partial charge on any atom is 0.164 e. The highest BCUT2D eigenvalue weighted by Crippen LogP contribution is 2.33. The Hall–Kier alpha value is -1.68. The van der Waals surface area contributed by atoms with Crippen LogP contribution in [0.25, 0.3) is 11.4 Å². The molecule has 0 atom stereocenters. The van der Waals surface area contributed by atoms with Crippen molar-refractivity contribution in [2.45, 2.75) is 45.2 Å². The Morgan fingerprint density at radius 3 is 2.47 bits per heavy atom. The van der Waals surface area contributed by atoms with E-state index >= 15 is 0 Å². The van der Waals surface area contributed by atoms with Crippen LogP contribution >= 0.6 is 0 Å². The Labute approximate surface area is 113 Å². The fourth-order valence-electron chi connectivity index (χ4n) is 2.96. The first kappa shape index (κ1) is 12.4. The number of nitrogens with zero attached hydrogens (tertiary/aromatic N) is 3. The number of benzene rings is 1. The van der Waals surface area contributed by atoms with Crippen LogP contribution in [0.5, 0.6) is 0 Å². The lowest BCUT2D eigenvalue weighted by molar-refractivity contribution is 0.510. The van der Waals surface area contributed by atoms with Gasteiger partial charge in [0, 0.05) is 18.2 Å². The number of aryl methyl sites for hydroxylation is 1. The van der Waals surface area contributed by atoms with Crippen LogP contribution < -0.4 is 5.73 Å². The summed E-state index contributed by atoms with van der Waals surface area (Å²) in [6.07, 6.45) is 5.11. The monoisotopic (exact) mass is 256 g/mol. The molecule has 4 nitrogen and oxygen atoms in total. The third-order valence-corrected chi connectivity index (χ3v) is 4.00. The molecule has 2 N–H and O–H groups in total. The van der Waals surface area contributed by atoms with E-state index in [4.69, 9.17) is 5.73 Å². The number of hydrogen-bond acceptors (Lipinski definition) is 3. The van der Waals surface area contributed by atoms with Gasteiger partial charge in [-0.3, -0.25) is 0 Å². The molecule has 1 heterocycles. The van der Waals surface area contributed by atoms with E-state index in [1.807, 2.05) is 6.92 Å². The fourth-order valence-corrected chi connectivity index (χ4v) is 2.96. The maximum atomic E-state index is 5.64. The molecule has 1 aromatic carbocycles. The first-order valence-electron chi connectivity index (χ1n) is 7.00. The van der Waals surface area contributed by atoms with Gasteiger partial charge in [0.25, 0.3) is 0 Å². The minimum Gasteiger partial charge on any atom is -0.326 e. The average Bonchev–Trinajstić information content (AvgIpc) is 3.08. The second-order valence-electron chi connectivity index (χ2n) is 5.28. The van der Waals surface area contributed by atoms with E-state index in [0.29, 0.717) is 12.6 Å². The summed E-state index contributed by atoms with van der Waals surface area (Å²) in [4.78, 5) is 0. The van der Waals surface area contributed by atoms with Crippen molar-refractivity contribution in [3.8, 4) is 11.4 Å². The summed E-state index contributed by atoms with van der Waals surface area (Å²) in [5.74, 6) is 2.01. The van der Waals surface area contributed by atoms with Gasteiger partial charge in [0.05, 0.1) is 0 Å². The lowest BCUT2D eigenvalue weighted by Crippen LogP contribution is -2.08. The molecule has 0 radical (unpaired) electrons. The highest BCUT2D eigenvalue weighted by Gasteiger charge is 2.22. The van der Waals surface area contributed by atoms with Crippen molar-refractivity contribution in [2.75, 3.05) is 0 Å². The standard InChI is InChI=1S/C15H20N4/c1-11-17-18-15(19(11)14-4-2-3-5-14)13-8-6-12(10-16)7-9-13/h6-9,14H,2-5,10,16H2,1H3. The topological polar surface area (TPSA) is 56.7 Å². The van der Waals surface area contributed by atoms with Crippen LogP contribution in [0.2, 0.25) is 0 Å². The van der Waals surface area contributed by atoms with Crippen LogP contribution in [0.3, 0.4) is 0 Å². The summed E-state index contributed by atoms with van der Waals surface area (Å²) in [5, 5.41) is 8.64. The van der Waals surface area contributed by atoms with Crippen LogP contribution in [0.15, 0.2) is 24.3 Å². The molecular formula is C15H20N4. The minimum absolute atomic E-state index is 0.569. The van der Waals surface area contributed by atoms with E-state index in [2.05, 4.69) is 39.0 Å². The summed E-state index contributed by atoms with van der Waals surface area (Å²) < 4.78 is 2.31. The molecule has 0 saturated heterocycles. The summed E-state index contributed by atoms with van der Waals surface area (Å²) >= 11 is 0. The third kappa shape index (κ3) is 2.28. The second kappa shape index (κ2) is 5.13. The zero-order chi connectivity index (χ0) is 13.2. The Bertz CT molecular complexity index is 550. The number of rotatable bonds is 3. The van der Waals surface area contributed by atoms with E-state index < -0.39 is 0 Å². The van der Waals surface area contributed by atoms with Gasteiger partial charge in [0.1, 0.15) is 5.82 Å². The molecule has 19 heavy (non-hydrogen) atoms. The predicted molar refractivity (Wildman–Crippen MR) is 75.6 cm³/mol. The summed E-state index contributed by atoms with van der Waals surface area (Å²) in [5.41, 5.74) is 7.91. The number of hydrogen-bond donors (Lipinski definition) is 1. The Kier molecular flexibility index (Phi) is 3.34. The highest BCUT2D eigenvalue weighted by molar-refractivity contribution is 5.56. The van der Waals surface area contributed by atoms with Crippen LogP contribution in [-0.2, 0) is 6.54 Å². The van der Waals surface area contributed by atoms with Crippen molar-refractivity contribution in [1.82, 2.24) is 14.8 Å². The van der Waals surface area contributed by atoms with Gasteiger partial charge < -0.3 is 10.3 Å². The molecule has 0 amide bonds. The van der Waals surface area contributed by atoms with E-state index in [0.717, 1.165) is 22.8 Å². The lowest BCUT2D eigenvalue weighted by atomic mass is 10.1. The van der Waals surface area contributed by atoms with Gasteiger partial charge in [0.2, 0.25) is 0 Å². The molecule has 1 saturated carbocycles. The molecule has 1 aliphatic rings. The molecule has 0 aliphatic heterocycles. The molecule has 1 aliphatic carbocycles. The first-order valence-corrected chi connectivity index (χ1v) is 7.00. The lowest BCUT2D eigenvalue weighted by Gasteiger charge is -2.15. The zero-order valence-corrected chi connectivity index (χ0v) is 11.3. The molecule has 0 unspecified atom stereocenters. The van der Waals surface area contributed by atoms with Gasteiger partial charge in [-0.25, -0.2) is 0 Å². The maximum absolute atomic E-state index is 5.64. The smallest absolute Gasteiger partial charge is 0.164 e. The van der Waals surface area contributed by atoms with Crippen molar-refractivity contribution in [2.24, 2.45) is 5.73 Å². The molecule has 0 spiro atoms. The molecule has 3 rings (SSSR count). The highest BCUT2D eigenvalue weighted by atomic mass is 15.3. The van der Waals surface area contributed by atoms with Crippen molar-refractivity contribution >= 4 is 0 Å². The van der Waals surface area contributed by atoms with Crippen molar-refractivity contribution < 1.29 is 0 Å². The van der Waals surface area contributed by atoms with Gasteiger partial charge in [-0.15, -0.1) is 10.2 Å². The molecule has 100 valence electrons. The number of aromatic nitrogens is 3. The van der Waals surface area contributed by atoms with Crippen LogP contribution in [0.1, 0.15) is 43.1 Å². The van der Waals surface area contributed by atoms with Gasteiger partial charge in [-0.2, -0.15) is 0 Å². The third-order valence-electron chi connectivity index (χ3n) is 4.00. The summed E-state index contributed by atoms with van der Waals surface area (Å²) in [7, 11) is 0. The molecule has 1 aromatic heterocycles. The predicted octanol–water partition coefficient (Wildman–Crippen LogP) is 2.83. The molecular weight excluding hydrogens is 236 g/mol. The van der Waals surface area contributed by atoms with Gasteiger partial charge >= 0.3 is 0 Å². The molecule has 1 fully saturated rings. The van der Waals surface area contributed by atoms with E-state index in [-0.39, 0.29) is 0 Å². The Morgan fingerprint density at radius 2 is 1.84 bits per heavy atom. The molecule has 4 heteroatoms. The first-order chi connectivity index (χ1) is 9.29. The molecule has 2 aromatic rings. The fraction of sp³-hybridized carbons (Fsp3) is 0.467. The van der Waals surface area contributed by atoms with Crippen LogP contribution in [0.4, 0.5) is 0 Å². The molecule has 0 bridgehead atoms. The van der Waals surface area contributed by atoms with Gasteiger partial charge in [0.15, 0.2) is 5.82 Å². The van der Waals surface area contributed by atoms with Crippen molar-refractivity contribution in [1.29, 1.82) is 0 Å². The van der Waals surface area contributed by atoms with E-state index in [9.17, 15) is 0 Å². The van der Waals surface area contributed by atoms with Crippen LogP contribution in [0, 0.1) is 6.92 Å². The SMILES string of the molecule is Cc1nnc(-c2ccc(CN)cc2)n1C1CCCC1. The summed E-state index contributed by atoms with van der Waals surface area (Å²) in [6.45, 7) is 2.62. The van der Waals surface area contributed by atoms with E-state index in [1.54, 1.807) is 0 Å². The quantitative estimate of drug-likeness (QED) is 0.918. The average molecular weight is 256 g/mol. The van der Waals surface area contributed by atoms with E-state index in [1.165, 1.54) is 25.7 Å². The van der Waals surface area contributed by atoms with Crippen molar-refractivity contribution in [3.63, 3.8) is 0 Å². The van der Waals surface area contributed by atoms with Gasteiger partial charge in [-0.05, 0) is 25.3 Å². The number of nitrogens with two attached hydrogens (primary N) is 1. The van der Waals surface area contributed by atoms with Gasteiger partial charge in [-0.1, -0.05) is 37.1 Å². The summed E-state index contributed by atoms with van der Waals surface area (Å²) in [6, 6.07) is 8.89. The second-order valence-corrected chi connectivity index (χ2v) is 5.28. The minimum atomic E-state index is 0.569. The normalized spacial score (nSPS) is 16.1. The Morgan fingerprint density at radius 1 is 1.16 bits per heavy atom.